The van der Waals surface area contributed by atoms with E-state index in [1.807, 2.05) is 32.9 Å². The molecule has 2 aromatic rings. The molecule has 0 spiro atoms. The molecule has 26 heavy (non-hydrogen) atoms. The number of aromatic nitrogens is 1. The minimum Gasteiger partial charge on any atom is -0.486 e. The van der Waals surface area contributed by atoms with E-state index in [1.165, 1.54) is 6.07 Å². The number of halogens is 2. The third-order valence-electron chi connectivity index (χ3n) is 3.57. The molecule has 1 aromatic carbocycles. The summed E-state index contributed by atoms with van der Waals surface area (Å²) in [5, 5.41) is 6.40. The number of aryl methyl sites for hydroxylation is 1. The van der Waals surface area contributed by atoms with Crippen molar-refractivity contribution in [1.82, 2.24) is 15.6 Å². The van der Waals surface area contributed by atoms with Gasteiger partial charge in [0.25, 0.3) is 0 Å². The van der Waals surface area contributed by atoms with Crippen molar-refractivity contribution in [2.45, 2.75) is 33.4 Å². The van der Waals surface area contributed by atoms with Gasteiger partial charge in [0.05, 0.1) is 18.8 Å². The van der Waals surface area contributed by atoms with Crippen molar-refractivity contribution in [1.29, 1.82) is 0 Å². The summed E-state index contributed by atoms with van der Waals surface area (Å²) in [6.45, 7) is 7.64. The smallest absolute Gasteiger partial charge is 0.191 e. The van der Waals surface area contributed by atoms with E-state index in [0.29, 0.717) is 19.0 Å². The first kappa shape index (κ1) is 22.1. The van der Waals surface area contributed by atoms with E-state index in [-0.39, 0.29) is 41.6 Å². The number of rotatable bonds is 7. The van der Waals surface area contributed by atoms with Crippen molar-refractivity contribution in [2.75, 3.05) is 13.1 Å². The molecule has 0 bridgehead atoms. The first-order chi connectivity index (χ1) is 12.1. The lowest BCUT2D eigenvalue weighted by Gasteiger charge is -2.18. The summed E-state index contributed by atoms with van der Waals surface area (Å²) in [5.41, 5.74) is 2.05. The second kappa shape index (κ2) is 11.7. The van der Waals surface area contributed by atoms with Crippen molar-refractivity contribution in [3.63, 3.8) is 0 Å². The lowest BCUT2D eigenvalue weighted by molar-refractivity contribution is 0.214. The molecule has 0 aliphatic rings. The van der Waals surface area contributed by atoms with Gasteiger partial charge in [-0.3, -0.25) is 4.98 Å². The van der Waals surface area contributed by atoms with Crippen LogP contribution in [0.5, 0.6) is 5.75 Å². The molecule has 0 aliphatic carbocycles. The molecule has 2 N–H and O–H groups in total. The van der Waals surface area contributed by atoms with Crippen LogP contribution < -0.4 is 15.4 Å². The standard InChI is InChI=1S/C19H25FN4O.HI/c1-4-21-19(24-13-17-14(2)8-7-11-22-17)23-12-15(3)25-18-10-6-5-9-16(18)20;/h5-11,15H,4,12-13H2,1-3H3,(H2,21,23,24);1H. The largest absolute Gasteiger partial charge is 0.486 e. The van der Waals surface area contributed by atoms with Crippen LogP contribution >= 0.6 is 24.0 Å². The van der Waals surface area contributed by atoms with E-state index in [4.69, 9.17) is 4.74 Å². The Kier molecular flexibility index (Phi) is 9.93. The number of guanidine groups is 1. The van der Waals surface area contributed by atoms with Gasteiger partial charge in [0.15, 0.2) is 17.5 Å². The molecule has 1 aromatic heterocycles. The minimum atomic E-state index is -0.361. The fourth-order valence-electron chi connectivity index (χ4n) is 2.22. The highest BCUT2D eigenvalue weighted by Gasteiger charge is 2.09. The summed E-state index contributed by atoms with van der Waals surface area (Å²) in [7, 11) is 0. The molecule has 0 amide bonds. The van der Waals surface area contributed by atoms with Gasteiger partial charge >= 0.3 is 0 Å². The number of ether oxygens (including phenoxy) is 1. The van der Waals surface area contributed by atoms with E-state index in [1.54, 1.807) is 24.4 Å². The van der Waals surface area contributed by atoms with Gasteiger partial charge in [0.1, 0.15) is 6.10 Å². The van der Waals surface area contributed by atoms with Gasteiger partial charge in [-0.15, -0.1) is 24.0 Å². The molecule has 1 unspecified atom stereocenters. The Morgan fingerprint density at radius 1 is 1.23 bits per heavy atom. The van der Waals surface area contributed by atoms with E-state index >= 15 is 0 Å². The van der Waals surface area contributed by atoms with Gasteiger partial charge in [-0.1, -0.05) is 18.2 Å². The number of pyridine rings is 1. The molecule has 0 aliphatic heterocycles. The van der Waals surface area contributed by atoms with Crippen LogP contribution in [0.2, 0.25) is 0 Å². The van der Waals surface area contributed by atoms with Crippen molar-refractivity contribution in [3.05, 3.63) is 59.7 Å². The van der Waals surface area contributed by atoms with Crippen LogP contribution in [0.1, 0.15) is 25.1 Å². The first-order valence-electron chi connectivity index (χ1n) is 8.44. The maximum absolute atomic E-state index is 13.6. The molecular formula is C19H26FIN4O. The van der Waals surface area contributed by atoms with Crippen LogP contribution in [0.3, 0.4) is 0 Å². The summed E-state index contributed by atoms with van der Waals surface area (Å²) < 4.78 is 19.3. The molecule has 0 saturated heterocycles. The Hall–Kier alpha value is -1.90. The third kappa shape index (κ3) is 7.15. The molecule has 5 nitrogen and oxygen atoms in total. The summed E-state index contributed by atoms with van der Waals surface area (Å²) in [4.78, 5) is 8.89. The number of aliphatic imine (C=N–C) groups is 1. The first-order valence-corrected chi connectivity index (χ1v) is 8.44. The maximum atomic E-state index is 13.6. The van der Waals surface area contributed by atoms with E-state index < -0.39 is 0 Å². The van der Waals surface area contributed by atoms with E-state index in [0.717, 1.165) is 17.8 Å². The average Bonchev–Trinajstić information content (AvgIpc) is 2.60. The molecular weight excluding hydrogens is 446 g/mol. The molecule has 0 saturated carbocycles. The normalized spacial score (nSPS) is 12.1. The van der Waals surface area contributed by atoms with E-state index in [2.05, 4.69) is 20.6 Å². The predicted molar refractivity (Wildman–Crippen MR) is 114 cm³/mol. The summed E-state index contributed by atoms with van der Waals surface area (Å²) in [6, 6.07) is 10.3. The van der Waals surface area contributed by atoms with Crippen molar-refractivity contribution < 1.29 is 9.13 Å². The average molecular weight is 472 g/mol. The van der Waals surface area contributed by atoms with Gasteiger partial charge in [0, 0.05) is 12.7 Å². The molecule has 142 valence electrons. The highest BCUT2D eigenvalue weighted by atomic mass is 127. The zero-order chi connectivity index (χ0) is 18.1. The molecule has 0 radical (unpaired) electrons. The second-order valence-corrected chi connectivity index (χ2v) is 5.70. The number of para-hydroxylation sites is 1. The fourth-order valence-corrected chi connectivity index (χ4v) is 2.22. The third-order valence-corrected chi connectivity index (χ3v) is 3.57. The summed E-state index contributed by atoms with van der Waals surface area (Å²) in [6.07, 6.45) is 1.56. The predicted octanol–water partition coefficient (Wildman–Crippen LogP) is 3.67. The van der Waals surface area contributed by atoms with Crippen molar-refractivity contribution >= 4 is 29.9 Å². The quantitative estimate of drug-likeness (QED) is 0.367. The zero-order valence-electron chi connectivity index (χ0n) is 15.3. The van der Waals surface area contributed by atoms with Crippen LogP contribution in [0.4, 0.5) is 4.39 Å². The second-order valence-electron chi connectivity index (χ2n) is 5.70. The van der Waals surface area contributed by atoms with Gasteiger partial charge in [0.2, 0.25) is 0 Å². The lowest BCUT2D eigenvalue weighted by Crippen LogP contribution is -2.41. The molecule has 1 atom stereocenters. The van der Waals surface area contributed by atoms with Crippen LogP contribution in [-0.4, -0.2) is 30.1 Å². The fraction of sp³-hybridized carbons (Fsp3) is 0.368. The Morgan fingerprint density at radius 2 is 2.00 bits per heavy atom. The monoisotopic (exact) mass is 472 g/mol. The van der Waals surface area contributed by atoms with Crippen LogP contribution in [0.15, 0.2) is 47.6 Å². The number of benzene rings is 1. The van der Waals surface area contributed by atoms with Gasteiger partial charge in [-0.2, -0.15) is 0 Å². The Balaban J connectivity index is 0.00000338. The Morgan fingerprint density at radius 3 is 2.69 bits per heavy atom. The Bertz CT molecular complexity index is 711. The van der Waals surface area contributed by atoms with Crippen molar-refractivity contribution in [2.24, 2.45) is 4.99 Å². The van der Waals surface area contributed by atoms with Gasteiger partial charge < -0.3 is 15.4 Å². The molecule has 2 rings (SSSR count). The zero-order valence-corrected chi connectivity index (χ0v) is 17.7. The summed E-state index contributed by atoms with van der Waals surface area (Å²) >= 11 is 0. The number of nitrogens with one attached hydrogen (secondary N) is 2. The maximum Gasteiger partial charge on any atom is 0.191 e. The minimum absolute atomic E-state index is 0. The van der Waals surface area contributed by atoms with E-state index in [9.17, 15) is 4.39 Å². The summed E-state index contributed by atoms with van der Waals surface area (Å²) in [5.74, 6) is 0.569. The topological polar surface area (TPSA) is 58.5 Å². The van der Waals surface area contributed by atoms with Crippen molar-refractivity contribution in [3.8, 4) is 5.75 Å². The molecule has 1 heterocycles. The number of hydrogen-bond donors (Lipinski definition) is 2. The van der Waals surface area contributed by atoms with Crippen LogP contribution in [-0.2, 0) is 6.54 Å². The highest BCUT2D eigenvalue weighted by molar-refractivity contribution is 14.0. The van der Waals surface area contributed by atoms with Crippen LogP contribution in [0.25, 0.3) is 0 Å². The molecule has 7 heteroatoms. The number of nitrogens with zero attached hydrogens (tertiary/aromatic N) is 2. The lowest BCUT2D eigenvalue weighted by atomic mass is 10.2. The number of hydrogen-bond acceptors (Lipinski definition) is 3. The van der Waals surface area contributed by atoms with Crippen LogP contribution in [0, 0.1) is 12.7 Å². The van der Waals surface area contributed by atoms with Gasteiger partial charge in [-0.05, 0) is 44.5 Å². The molecule has 0 fully saturated rings. The van der Waals surface area contributed by atoms with Gasteiger partial charge in [-0.25, -0.2) is 9.38 Å². The SMILES string of the molecule is CCNC(=NCc1ncccc1C)NCC(C)Oc1ccccc1F.I. The highest BCUT2D eigenvalue weighted by Crippen LogP contribution is 2.16. The Labute approximate surface area is 171 Å².